The highest BCUT2D eigenvalue weighted by molar-refractivity contribution is 5.29. The monoisotopic (exact) mass is 214 g/mol. The summed E-state index contributed by atoms with van der Waals surface area (Å²) < 4.78 is 0. The van der Waals surface area contributed by atoms with Crippen molar-refractivity contribution in [2.24, 2.45) is 5.84 Å². The van der Waals surface area contributed by atoms with E-state index in [9.17, 15) is 0 Å². The molecule has 2 aromatic heterocycles. The van der Waals surface area contributed by atoms with E-state index in [0.29, 0.717) is 0 Å². The molecule has 4 nitrogen and oxygen atoms in total. The molecule has 16 heavy (non-hydrogen) atoms. The average molecular weight is 214 g/mol. The van der Waals surface area contributed by atoms with Crippen molar-refractivity contribution in [2.45, 2.75) is 13.0 Å². The van der Waals surface area contributed by atoms with Gasteiger partial charge in [0.15, 0.2) is 0 Å². The van der Waals surface area contributed by atoms with Gasteiger partial charge in [-0.15, -0.1) is 0 Å². The van der Waals surface area contributed by atoms with E-state index in [4.69, 9.17) is 5.84 Å². The van der Waals surface area contributed by atoms with Crippen LogP contribution in [0.5, 0.6) is 0 Å². The summed E-state index contributed by atoms with van der Waals surface area (Å²) in [6.45, 7) is 1.96. The van der Waals surface area contributed by atoms with Gasteiger partial charge in [-0.3, -0.25) is 15.8 Å². The molecule has 0 bridgehead atoms. The second kappa shape index (κ2) is 4.83. The maximum atomic E-state index is 5.59. The van der Waals surface area contributed by atoms with Crippen LogP contribution in [0.15, 0.2) is 42.9 Å². The van der Waals surface area contributed by atoms with Gasteiger partial charge in [-0.2, -0.15) is 0 Å². The first kappa shape index (κ1) is 10.7. The average Bonchev–Trinajstić information content (AvgIpc) is 2.31. The normalized spacial score (nSPS) is 12.4. The van der Waals surface area contributed by atoms with Gasteiger partial charge in [-0.1, -0.05) is 6.07 Å². The van der Waals surface area contributed by atoms with Crippen molar-refractivity contribution in [1.29, 1.82) is 0 Å². The largest absolute Gasteiger partial charge is 0.271 e. The number of hydrogen-bond donors (Lipinski definition) is 2. The van der Waals surface area contributed by atoms with Crippen molar-refractivity contribution in [2.75, 3.05) is 0 Å². The van der Waals surface area contributed by atoms with Crippen LogP contribution in [0.4, 0.5) is 0 Å². The predicted octanol–water partition coefficient (Wildman–Crippen LogP) is 1.34. The van der Waals surface area contributed by atoms with Gasteiger partial charge in [-0.05, 0) is 36.2 Å². The van der Waals surface area contributed by atoms with Gasteiger partial charge in [0.25, 0.3) is 0 Å². The van der Waals surface area contributed by atoms with E-state index in [0.717, 1.165) is 16.8 Å². The van der Waals surface area contributed by atoms with Crippen LogP contribution < -0.4 is 11.3 Å². The zero-order valence-corrected chi connectivity index (χ0v) is 9.09. The lowest BCUT2D eigenvalue weighted by atomic mass is 10.0. The molecule has 0 fully saturated rings. The molecule has 0 aliphatic rings. The first-order valence-electron chi connectivity index (χ1n) is 5.10. The number of aryl methyl sites for hydroxylation is 1. The lowest BCUT2D eigenvalue weighted by molar-refractivity contribution is 0.633. The Balaban J connectivity index is 2.37. The topological polar surface area (TPSA) is 63.8 Å². The Morgan fingerprint density at radius 1 is 1.25 bits per heavy atom. The summed E-state index contributed by atoms with van der Waals surface area (Å²) in [7, 11) is 0. The van der Waals surface area contributed by atoms with E-state index in [1.54, 1.807) is 18.6 Å². The van der Waals surface area contributed by atoms with Gasteiger partial charge in [0.05, 0.1) is 6.04 Å². The van der Waals surface area contributed by atoms with Gasteiger partial charge < -0.3 is 0 Å². The molecule has 0 spiro atoms. The standard InChI is InChI=1S/C12H14N4/c1-9-7-10(4-6-15-9)12(16-13)11-3-2-5-14-8-11/h2-8,12,16H,13H2,1H3. The molecule has 0 saturated heterocycles. The number of aromatic nitrogens is 2. The number of hydrazine groups is 1. The SMILES string of the molecule is Cc1cc(C(NN)c2cccnc2)ccn1. The van der Waals surface area contributed by atoms with Crippen molar-refractivity contribution in [3.63, 3.8) is 0 Å². The molecule has 0 saturated carbocycles. The second-order valence-corrected chi connectivity index (χ2v) is 3.62. The van der Waals surface area contributed by atoms with E-state index in [1.165, 1.54) is 0 Å². The molecule has 2 rings (SSSR count). The van der Waals surface area contributed by atoms with Crippen LogP contribution in [0.3, 0.4) is 0 Å². The Hall–Kier alpha value is -1.78. The minimum absolute atomic E-state index is 0.0459. The summed E-state index contributed by atoms with van der Waals surface area (Å²) in [5.41, 5.74) is 5.89. The fraction of sp³-hybridized carbons (Fsp3) is 0.167. The quantitative estimate of drug-likeness (QED) is 0.597. The first-order chi connectivity index (χ1) is 7.81. The van der Waals surface area contributed by atoms with Crippen molar-refractivity contribution < 1.29 is 0 Å². The van der Waals surface area contributed by atoms with Crippen molar-refractivity contribution in [1.82, 2.24) is 15.4 Å². The highest BCUT2D eigenvalue weighted by Crippen LogP contribution is 2.20. The van der Waals surface area contributed by atoms with Gasteiger partial charge in [0.2, 0.25) is 0 Å². The first-order valence-corrected chi connectivity index (χ1v) is 5.10. The Morgan fingerprint density at radius 2 is 2.12 bits per heavy atom. The predicted molar refractivity (Wildman–Crippen MR) is 62.4 cm³/mol. The summed E-state index contributed by atoms with van der Waals surface area (Å²) in [4.78, 5) is 8.26. The summed E-state index contributed by atoms with van der Waals surface area (Å²) in [5.74, 6) is 5.59. The molecular weight excluding hydrogens is 200 g/mol. The third-order valence-corrected chi connectivity index (χ3v) is 2.44. The molecule has 1 unspecified atom stereocenters. The number of nitrogens with one attached hydrogen (secondary N) is 1. The minimum Gasteiger partial charge on any atom is -0.271 e. The molecular formula is C12H14N4. The highest BCUT2D eigenvalue weighted by atomic mass is 15.2. The lowest BCUT2D eigenvalue weighted by Crippen LogP contribution is -2.29. The molecule has 0 aromatic carbocycles. The molecule has 0 aliphatic heterocycles. The van der Waals surface area contributed by atoms with Gasteiger partial charge in [0, 0.05) is 24.3 Å². The van der Waals surface area contributed by atoms with Gasteiger partial charge >= 0.3 is 0 Å². The molecule has 1 atom stereocenters. The van der Waals surface area contributed by atoms with E-state index in [1.807, 2.05) is 31.2 Å². The minimum atomic E-state index is -0.0459. The number of hydrogen-bond acceptors (Lipinski definition) is 4. The Bertz CT molecular complexity index is 456. The number of pyridine rings is 2. The van der Waals surface area contributed by atoms with Crippen LogP contribution in [0.2, 0.25) is 0 Å². The van der Waals surface area contributed by atoms with Gasteiger partial charge in [-0.25, -0.2) is 5.43 Å². The number of nitrogens with two attached hydrogens (primary N) is 1. The molecule has 2 aromatic rings. The fourth-order valence-electron chi connectivity index (χ4n) is 1.68. The summed E-state index contributed by atoms with van der Waals surface area (Å²) >= 11 is 0. The van der Waals surface area contributed by atoms with Crippen LogP contribution in [-0.4, -0.2) is 9.97 Å². The molecule has 0 radical (unpaired) electrons. The summed E-state index contributed by atoms with van der Waals surface area (Å²) in [6.07, 6.45) is 5.33. The van der Waals surface area contributed by atoms with Crippen LogP contribution in [0, 0.1) is 6.92 Å². The summed E-state index contributed by atoms with van der Waals surface area (Å²) in [6, 6.07) is 7.80. The Morgan fingerprint density at radius 3 is 2.75 bits per heavy atom. The van der Waals surface area contributed by atoms with Crippen LogP contribution in [0.25, 0.3) is 0 Å². The maximum absolute atomic E-state index is 5.59. The van der Waals surface area contributed by atoms with Gasteiger partial charge in [0.1, 0.15) is 0 Å². The van der Waals surface area contributed by atoms with E-state index in [-0.39, 0.29) is 6.04 Å². The lowest BCUT2D eigenvalue weighted by Gasteiger charge is -2.16. The highest BCUT2D eigenvalue weighted by Gasteiger charge is 2.12. The van der Waals surface area contributed by atoms with Crippen molar-refractivity contribution in [3.05, 3.63) is 59.7 Å². The van der Waals surface area contributed by atoms with Crippen molar-refractivity contribution in [3.8, 4) is 0 Å². The third-order valence-electron chi connectivity index (χ3n) is 2.44. The molecule has 4 heteroatoms. The van der Waals surface area contributed by atoms with E-state index < -0.39 is 0 Å². The molecule has 82 valence electrons. The number of rotatable bonds is 3. The van der Waals surface area contributed by atoms with Crippen LogP contribution in [0.1, 0.15) is 22.9 Å². The zero-order chi connectivity index (χ0) is 11.4. The maximum Gasteiger partial charge on any atom is 0.0726 e. The Labute approximate surface area is 94.5 Å². The van der Waals surface area contributed by atoms with E-state index >= 15 is 0 Å². The van der Waals surface area contributed by atoms with Crippen LogP contribution >= 0.6 is 0 Å². The van der Waals surface area contributed by atoms with E-state index in [2.05, 4.69) is 15.4 Å². The molecule has 0 amide bonds. The Kier molecular flexibility index (Phi) is 3.24. The second-order valence-electron chi connectivity index (χ2n) is 3.62. The third kappa shape index (κ3) is 2.24. The summed E-state index contributed by atoms with van der Waals surface area (Å²) in [5, 5.41) is 0. The molecule has 2 heterocycles. The molecule has 0 aliphatic carbocycles. The molecule has 3 N–H and O–H groups in total. The fourth-order valence-corrected chi connectivity index (χ4v) is 1.68. The van der Waals surface area contributed by atoms with Crippen LogP contribution in [-0.2, 0) is 0 Å². The van der Waals surface area contributed by atoms with Crippen molar-refractivity contribution >= 4 is 0 Å². The number of nitrogens with zero attached hydrogens (tertiary/aromatic N) is 2. The zero-order valence-electron chi connectivity index (χ0n) is 9.09. The smallest absolute Gasteiger partial charge is 0.0726 e.